The highest BCUT2D eigenvalue weighted by molar-refractivity contribution is 6.31. The fourth-order valence-electron chi connectivity index (χ4n) is 1.60. The molecule has 0 aromatic carbocycles. The molecule has 1 aromatic rings. The van der Waals surface area contributed by atoms with Crippen LogP contribution in [0.2, 0.25) is 5.02 Å². The number of rotatable bonds is 5. The fourth-order valence-corrected chi connectivity index (χ4v) is 2.02. The lowest BCUT2D eigenvalue weighted by Gasteiger charge is -2.13. The minimum absolute atomic E-state index is 0.232. The highest BCUT2D eigenvalue weighted by Crippen LogP contribution is 2.29. The molecule has 0 aliphatic carbocycles. The number of halogens is 1. The van der Waals surface area contributed by atoms with Gasteiger partial charge in [0, 0.05) is 26.5 Å². The molecule has 102 valence electrons. The summed E-state index contributed by atoms with van der Waals surface area (Å²) in [6.45, 7) is 12.8. The average molecular weight is 281 g/mol. The predicted octanol–water partition coefficient (Wildman–Crippen LogP) is 3.39. The summed E-state index contributed by atoms with van der Waals surface area (Å²) in [5, 5.41) is 0.461. The molecule has 0 unspecified atom stereocenters. The summed E-state index contributed by atoms with van der Waals surface area (Å²) < 4.78 is 4.86. The molecule has 0 bridgehead atoms. The van der Waals surface area contributed by atoms with Gasteiger partial charge in [-0.05, 0) is 25.0 Å². The van der Waals surface area contributed by atoms with E-state index in [1.54, 1.807) is 33.0 Å². The second kappa shape index (κ2) is 6.53. The van der Waals surface area contributed by atoms with E-state index in [0.717, 1.165) is 5.56 Å². The molecule has 0 spiro atoms. The van der Waals surface area contributed by atoms with Crippen molar-refractivity contribution < 1.29 is 9.53 Å². The van der Waals surface area contributed by atoms with Crippen molar-refractivity contribution >= 4 is 17.6 Å². The molecule has 1 heterocycles. The summed E-state index contributed by atoms with van der Waals surface area (Å²) in [4.78, 5) is 19.0. The minimum atomic E-state index is -0.739. The van der Waals surface area contributed by atoms with Crippen LogP contribution in [0, 0.1) is 6.57 Å². The van der Waals surface area contributed by atoms with Gasteiger partial charge in [-0.25, -0.2) is 6.57 Å². The van der Waals surface area contributed by atoms with E-state index in [9.17, 15) is 4.79 Å². The van der Waals surface area contributed by atoms with Crippen LogP contribution < -0.4 is 0 Å². The van der Waals surface area contributed by atoms with E-state index in [4.69, 9.17) is 22.9 Å². The highest BCUT2D eigenvalue weighted by Gasteiger charge is 2.30. The van der Waals surface area contributed by atoms with Crippen LogP contribution in [0.1, 0.15) is 38.4 Å². The molecule has 0 N–H and O–H groups in total. The maximum atomic E-state index is 11.3. The van der Waals surface area contributed by atoms with Crippen LogP contribution in [0.3, 0.4) is 0 Å². The first-order chi connectivity index (χ1) is 8.90. The molecule has 0 aliphatic heterocycles. The van der Waals surface area contributed by atoms with Gasteiger partial charge in [0.1, 0.15) is 5.69 Å². The van der Waals surface area contributed by atoms with Gasteiger partial charge in [0.05, 0.1) is 11.6 Å². The van der Waals surface area contributed by atoms with Crippen molar-refractivity contribution in [3.8, 4) is 0 Å². The molecule has 0 saturated carbocycles. The van der Waals surface area contributed by atoms with Crippen LogP contribution in [-0.4, -0.2) is 17.6 Å². The number of hydrogen-bond acceptors (Lipinski definition) is 3. The van der Waals surface area contributed by atoms with E-state index >= 15 is 0 Å². The molecule has 19 heavy (non-hydrogen) atoms. The maximum Gasteiger partial charge on any atom is 0.306 e. The number of carbonyl (C=O) groups is 1. The normalized spacial score (nSPS) is 10.9. The average Bonchev–Trinajstić information content (AvgIpc) is 2.36. The lowest BCUT2D eigenvalue weighted by Crippen LogP contribution is -2.14. The van der Waals surface area contributed by atoms with Crippen molar-refractivity contribution in [2.75, 3.05) is 6.61 Å². The Kier molecular flexibility index (Phi) is 5.31. The van der Waals surface area contributed by atoms with Crippen molar-refractivity contribution in [3.05, 3.63) is 40.0 Å². The molecule has 0 fully saturated rings. The van der Waals surface area contributed by atoms with E-state index in [0.29, 0.717) is 30.2 Å². The molecular formula is C14H17ClN2O2. The second-order valence-corrected chi connectivity index (χ2v) is 5.06. The van der Waals surface area contributed by atoms with E-state index in [1.165, 1.54) is 0 Å². The monoisotopic (exact) mass is 280 g/mol. The third-order valence-corrected chi connectivity index (χ3v) is 2.97. The van der Waals surface area contributed by atoms with Crippen molar-refractivity contribution in [1.29, 1.82) is 0 Å². The van der Waals surface area contributed by atoms with Crippen molar-refractivity contribution in [1.82, 2.24) is 4.98 Å². The lowest BCUT2D eigenvalue weighted by molar-refractivity contribution is -0.143. The van der Waals surface area contributed by atoms with Gasteiger partial charge in [-0.3, -0.25) is 9.78 Å². The number of pyridine rings is 1. The Bertz CT molecular complexity index is 507. The summed E-state index contributed by atoms with van der Waals surface area (Å²) in [6.07, 6.45) is 2.50. The van der Waals surface area contributed by atoms with Crippen molar-refractivity contribution in [3.63, 3.8) is 0 Å². The maximum absolute atomic E-state index is 11.3. The van der Waals surface area contributed by atoms with E-state index < -0.39 is 5.54 Å². The fraction of sp³-hybridized carbons (Fsp3) is 0.500. The first-order valence-electron chi connectivity index (χ1n) is 6.10. The molecule has 0 saturated heterocycles. The SMILES string of the molecule is [C-]#[N+]C(C)(C)c1ncc(CCC(=O)OCC)cc1Cl. The van der Waals surface area contributed by atoms with E-state index in [-0.39, 0.29) is 5.97 Å². The molecule has 0 aliphatic rings. The Morgan fingerprint density at radius 3 is 2.79 bits per heavy atom. The summed E-state index contributed by atoms with van der Waals surface area (Å²) in [5.41, 5.74) is 0.683. The van der Waals surface area contributed by atoms with Crippen LogP contribution in [0.4, 0.5) is 0 Å². The largest absolute Gasteiger partial charge is 0.466 e. The van der Waals surface area contributed by atoms with Gasteiger partial charge in [0.15, 0.2) is 0 Å². The number of carbonyl (C=O) groups excluding carboxylic acids is 1. The Labute approximate surface area is 118 Å². The molecule has 1 aromatic heterocycles. The smallest absolute Gasteiger partial charge is 0.306 e. The third kappa shape index (κ3) is 4.22. The zero-order valence-electron chi connectivity index (χ0n) is 11.4. The first kappa shape index (κ1) is 15.5. The highest BCUT2D eigenvalue weighted by atomic mass is 35.5. The van der Waals surface area contributed by atoms with Gasteiger partial charge < -0.3 is 9.58 Å². The molecular weight excluding hydrogens is 264 g/mol. The standard InChI is InChI=1S/C14H17ClN2O2/c1-5-19-12(18)7-6-10-8-11(15)13(17-9-10)14(2,3)16-4/h8-9H,5-7H2,1-3H3. The lowest BCUT2D eigenvalue weighted by atomic mass is 10.00. The summed E-state index contributed by atoms with van der Waals surface area (Å²) in [6, 6.07) is 1.76. The quantitative estimate of drug-likeness (QED) is 0.613. The van der Waals surface area contributed by atoms with E-state index in [1.807, 2.05) is 0 Å². The Morgan fingerprint density at radius 2 is 2.26 bits per heavy atom. The number of esters is 1. The number of ether oxygens (including phenoxy) is 1. The zero-order valence-corrected chi connectivity index (χ0v) is 12.1. The van der Waals surface area contributed by atoms with Gasteiger partial charge in [-0.1, -0.05) is 11.6 Å². The van der Waals surface area contributed by atoms with Crippen LogP contribution in [0.25, 0.3) is 4.85 Å². The van der Waals surface area contributed by atoms with Gasteiger partial charge in [-0.2, -0.15) is 0 Å². The Morgan fingerprint density at radius 1 is 1.58 bits per heavy atom. The molecule has 4 nitrogen and oxygen atoms in total. The second-order valence-electron chi connectivity index (χ2n) is 4.65. The zero-order chi connectivity index (χ0) is 14.5. The third-order valence-electron chi connectivity index (χ3n) is 2.68. The van der Waals surface area contributed by atoms with Gasteiger partial charge in [0.2, 0.25) is 0 Å². The summed E-state index contributed by atoms with van der Waals surface area (Å²) in [5.74, 6) is -0.232. The Balaban J connectivity index is 2.78. The van der Waals surface area contributed by atoms with Crippen molar-refractivity contribution in [2.24, 2.45) is 0 Å². The first-order valence-corrected chi connectivity index (χ1v) is 6.47. The topological polar surface area (TPSA) is 43.5 Å². The number of nitrogens with zero attached hydrogens (tertiary/aromatic N) is 2. The van der Waals surface area contributed by atoms with Gasteiger partial charge >= 0.3 is 5.97 Å². The van der Waals surface area contributed by atoms with Crippen molar-refractivity contribution in [2.45, 2.75) is 39.2 Å². The van der Waals surface area contributed by atoms with Gasteiger partial charge in [0.25, 0.3) is 5.54 Å². The predicted molar refractivity (Wildman–Crippen MR) is 73.8 cm³/mol. The van der Waals surface area contributed by atoms with Crippen LogP contribution in [0.15, 0.2) is 12.3 Å². The molecule has 0 radical (unpaired) electrons. The van der Waals surface area contributed by atoms with E-state index in [2.05, 4.69) is 9.83 Å². The number of hydrogen-bond donors (Lipinski definition) is 0. The molecule has 1 rings (SSSR count). The number of aromatic nitrogens is 1. The van der Waals surface area contributed by atoms with Gasteiger partial charge in [-0.15, -0.1) is 0 Å². The minimum Gasteiger partial charge on any atom is -0.466 e. The Hall–Kier alpha value is -1.60. The summed E-state index contributed by atoms with van der Waals surface area (Å²) in [7, 11) is 0. The molecule has 5 heteroatoms. The van der Waals surface area contributed by atoms with Crippen LogP contribution >= 0.6 is 11.6 Å². The molecule has 0 atom stereocenters. The van der Waals surface area contributed by atoms with Crippen LogP contribution in [-0.2, 0) is 21.5 Å². The summed E-state index contributed by atoms with van der Waals surface area (Å²) >= 11 is 6.15. The van der Waals surface area contributed by atoms with Crippen LogP contribution in [0.5, 0.6) is 0 Å². The number of aryl methyl sites for hydroxylation is 1. The molecule has 0 amide bonds.